The Morgan fingerprint density at radius 1 is 1.28 bits per heavy atom. The van der Waals surface area contributed by atoms with Crippen LogP contribution in [0.3, 0.4) is 0 Å². The van der Waals surface area contributed by atoms with E-state index in [4.69, 9.17) is 9.47 Å². The maximum atomic E-state index is 12.0. The van der Waals surface area contributed by atoms with Gasteiger partial charge < -0.3 is 14.8 Å². The van der Waals surface area contributed by atoms with Crippen LogP contribution in [0.4, 0.5) is 11.4 Å². The van der Waals surface area contributed by atoms with Gasteiger partial charge in [-0.25, -0.2) is 0 Å². The van der Waals surface area contributed by atoms with Crippen LogP contribution in [0.25, 0.3) is 0 Å². The number of ether oxygens (including phenoxy) is 2. The van der Waals surface area contributed by atoms with E-state index in [-0.39, 0.29) is 12.3 Å². The van der Waals surface area contributed by atoms with Gasteiger partial charge in [-0.15, -0.1) is 6.58 Å². The monoisotopic (exact) mass is 342 g/mol. The van der Waals surface area contributed by atoms with Gasteiger partial charge in [0.15, 0.2) is 18.1 Å². The molecule has 25 heavy (non-hydrogen) atoms. The van der Waals surface area contributed by atoms with Crippen molar-refractivity contribution >= 4 is 17.3 Å². The van der Waals surface area contributed by atoms with Gasteiger partial charge in [-0.2, -0.15) is 0 Å². The van der Waals surface area contributed by atoms with Crippen LogP contribution in [0.1, 0.15) is 5.56 Å². The Hall–Kier alpha value is -3.35. The first-order valence-corrected chi connectivity index (χ1v) is 7.48. The number of benzene rings is 2. The van der Waals surface area contributed by atoms with Gasteiger partial charge in [0.2, 0.25) is 0 Å². The molecule has 0 bridgehead atoms. The van der Waals surface area contributed by atoms with Crippen molar-refractivity contribution in [3.05, 3.63) is 70.8 Å². The Bertz CT molecular complexity index is 789. The fraction of sp³-hybridized carbons (Fsp3) is 0.167. The average Bonchev–Trinajstić information content (AvgIpc) is 2.61. The molecular formula is C18H18N2O5. The molecule has 1 amide bonds. The first-order chi connectivity index (χ1) is 12.0. The minimum absolute atomic E-state index is 0.0989. The number of hydrogen-bond acceptors (Lipinski definition) is 5. The van der Waals surface area contributed by atoms with Gasteiger partial charge in [0, 0.05) is 17.8 Å². The third kappa shape index (κ3) is 5.07. The quantitative estimate of drug-likeness (QED) is 0.451. The highest BCUT2D eigenvalue weighted by Crippen LogP contribution is 2.28. The van der Waals surface area contributed by atoms with Crippen LogP contribution in [0, 0.1) is 10.1 Å². The predicted molar refractivity (Wildman–Crippen MR) is 94.1 cm³/mol. The zero-order valence-electron chi connectivity index (χ0n) is 13.7. The van der Waals surface area contributed by atoms with Gasteiger partial charge >= 0.3 is 0 Å². The first kappa shape index (κ1) is 18.0. The molecule has 130 valence electrons. The molecule has 2 aromatic rings. The number of rotatable bonds is 8. The lowest BCUT2D eigenvalue weighted by Crippen LogP contribution is -2.20. The highest BCUT2D eigenvalue weighted by atomic mass is 16.6. The molecule has 1 N–H and O–H groups in total. The van der Waals surface area contributed by atoms with Crippen molar-refractivity contribution in [3.8, 4) is 11.5 Å². The Kier molecular flexibility index (Phi) is 6.11. The molecule has 0 unspecified atom stereocenters. The molecule has 0 heterocycles. The number of nitrogens with zero attached hydrogens (tertiary/aromatic N) is 1. The molecule has 0 fully saturated rings. The molecule has 7 heteroatoms. The Labute approximate surface area is 145 Å². The van der Waals surface area contributed by atoms with Crippen molar-refractivity contribution in [3.63, 3.8) is 0 Å². The van der Waals surface area contributed by atoms with E-state index in [0.29, 0.717) is 23.6 Å². The molecule has 2 rings (SSSR count). The van der Waals surface area contributed by atoms with Crippen LogP contribution in [-0.2, 0) is 11.2 Å². The van der Waals surface area contributed by atoms with Crippen molar-refractivity contribution in [1.82, 2.24) is 0 Å². The van der Waals surface area contributed by atoms with Crippen molar-refractivity contribution in [2.45, 2.75) is 6.42 Å². The van der Waals surface area contributed by atoms with E-state index in [9.17, 15) is 14.9 Å². The number of non-ortho nitro benzene ring substituents is 1. The van der Waals surface area contributed by atoms with Crippen molar-refractivity contribution in [2.75, 3.05) is 19.0 Å². The van der Waals surface area contributed by atoms with Crippen molar-refractivity contribution in [1.29, 1.82) is 0 Å². The number of carbonyl (C=O) groups excluding carboxylic acids is 1. The van der Waals surface area contributed by atoms with Gasteiger partial charge in [0.25, 0.3) is 11.6 Å². The van der Waals surface area contributed by atoms with Gasteiger partial charge in [-0.1, -0.05) is 18.2 Å². The lowest BCUT2D eigenvalue weighted by molar-refractivity contribution is -0.384. The Morgan fingerprint density at radius 2 is 2.08 bits per heavy atom. The fourth-order valence-corrected chi connectivity index (χ4v) is 2.16. The van der Waals surface area contributed by atoms with E-state index in [1.54, 1.807) is 18.2 Å². The number of hydrogen-bond donors (Lipinski definition) is 1. The lowest BCUT2D eigenvalue weighted by Gasteiger charge is -2.12. The minimum atomic E-state index is -0.526. The summed E-state index contributed by atoms with van der Waals surface area (Å²) in [5.41, 5.74) is 1.24. The van der Waals surface area contributed by atoms with Crippen molar-refractivity contribution < 1.29 is 19.2 Å². The van der Waals surface area contributed by atoms with Crippen LogP contribution in [0.5, 0.6) is 11.5 Å². The lowest BCUT2D eigenvalue weighted by atomic mass is 10.1. The molecule has 0 spiro atoms. The van der Waals surface area contributed by atoms with E-state index >= 15 is 0 Å². The van der Waals surface area contributed by atoms with E-state index in [2.05, 4.69) is 11.9 Å². The largest absolute Gasteiger partial charge is 0.493 e. The molecular weight excluding hydrogens is 324 g/mol. The van der Waals surface area contributed by atoms with E-state index in [1.807, 2.05) is 12.1 Å². The predicted octanol–water partition coefficient (Wildman–Crippen LogP) is 3.35. The second-order valence-corrected chi connectivity index (χ2v) is 5.12. The zero-order valence-corrected chi connectivity index (χ0v) is 13.7. The topological polar surface area (TPSA) is 90.7 Å². The molecule has 0 aliphatic carbocycles. The van der Waals surface area contributed by atoms with Crippen LogP contribution >= 0.6 is 0 Å². The highest BCUT2D eigenvalue weighted by Gasteiger charge is 2.11. The second-order valence-electron chi connectivity index (χ2n) is 5.12. The molecule has 0 atom stereocenters. The first-order valence-electron chi connectivity index (χ1n) is 7.48. The summed E-state index contributed by atoms with van der Waals surface area (Å²) in [5, 5.41) is 13.3. The number of anilines is 1. The standard InChI is InChI=1S/C18H18N2O5/c1-3-5-13-8-9-16(17(10-13)24-2)25-12-18(21)19-14-6-4-7-15(11-14)20(22)23/h3-4,6-11H,1,5,12H2,2H3,(H,19,21). The van der Waals surface area contributed by atoms with E-state index < -0.39 is 10.8 Å². The minimum Gasteiger partial charge on any atom is -0.493 e. The summed E-state index contributed by atoms with van der Waals surface area (Å²) in [6.45, 7) is 3.43. The Morgan fingerprint density at radius 3 is 2.76 bits per heavy atom. The molecule has 0 saturated carbocycles. The van der Waals surface area contributed by atoms with E-state index in [0.717, 1.165) is 5.56 Å². The number of nitrogens with one attached hydrogen (secondary N) is 1. The maximum Gasteiger partial charge on any atom is 0.271 e. The van der Waals surface area contributed by atoms with Crippen LogP contribution in [0.2, 0.25) is 0 Å². The third-order valence-electron chi connectivity index (χ3n) is 3.31. The molecule has 0 aromatic heterocycles. The summed E-state index contributed by atoms with van der Waals surface area (Å²) in [6, 6.07) is 11.1. The van der Waals surface area contributed by atoms with E-state index in [1.165, 1.54) is 25.3 Å². The number of nitro groups is 1. The molecule has 2 aromatic carbocycles. The number of carbonyl (C=O) groups is 1. The number of nitro benzene ring substituents is 1. The molecule has 7 nitrogen and oxygen atoms in total. The molecule has 0 aliphatic rings. The van der Waals surface area contributed by atoms with Gasteiger partial charge in [0.05, 0.1) is 12.0 Å². The Balaban J connectivity index is 1.99. The molecule has 0 saturated heterocycles. The van der Waals surface area contributed by atoms with Crippen molar-refractivity contribution in [2.24, 2.45) is 0 Å². The normalized spacial score (nSPS) is 9.96. The summed E-state index contributed by atoms with van der Waals surface area (Å²) in [4.78, 5) is 22.2. The fourth-order valence-electron chi connectivity index (χ4n) is 2.16. The summed E-state index contributed by atoms with van der Waals surface area (Å²) in [5.74, 6) is 0.518. The number of methoxy groups -OCH3 is 1. The smallest absolute Gasteiger partial charge is 0.271 e. The summed E-state index contributed by atoms with van der Waals surface area (Å²) < 4.78 is 10.7. The van der Waals surface area contributed by atoms with Crippen LogP contribution in [-0.4, -0.2) is 24.5 Å². The van der Waals surface area contributed by atoms with Crippen LogP contribution < -0.4 is 14.8 Å². The van der Waals surface area contributed by atoms with Gasteiger partial charge in [-0.3, -0.25) is 14.9 Å². The summed E-state index contributed by atoms with van der Waals surface area (Å²) in [6.07, 6.45) is 2.48. The van der Waals surface area contributed by atoms with Gasteiger partial charge in [0.1, 0.15) is 0 Å². The highest BCUT2D eigenvalue weighted by molar-refractivity contribution is 5.92. The molecule has 0 radical (unpaired) electrons. The zero-order chi connectivity index (χ0) is 18.2. The molecule has 0 aliphatic heterocycles. The second kappa shape index (κ2) is 8.49. The van der Waals surface area contributed by atoms with Gasteiger partial charge in [-0.05, 0) is 30.2 Å². The SMILES string of the molecule is C=CCc1ccc(OCC(=O)Nc2cccc([N+](=O)[O-])c2)c(OC)c1. The number of allylic oxidation sites excluding steroid dienone is 1. The number of amides is 1. The summed E-state index contributed by atoms with van der Waals surface area (Å²) >= 11 is 0. The third-order valence-corrected chi connectivity index (χ3v) is 3.31. The average molecular weight is 342 g/mol. The van der Waals surface area contributed by atoms with Crippen LogP contribution in [0.15, 0.2) is 55.1 Å². The maximum absolute atomic E-state index is 12.0. The summed E-state index contributed by atoms with van der Waals surface area (Å²) in [7, 11) is 1.52.